The van der Waals surface area contributed by atoms with Crippen molar-refractivity contribution in [1.82, 2.24) is 14.1 Å². The molecule has 1 saturated carbocycles. The number of aromatic nitrogens is 3. The lowest BCUT2D eigenvalue weighted by molar-refractivity contribution is -0.120. The lowest BCUT2D eigenvalue weighted by Crippen LogP contribution is -2.38. The van der Waals surface area contributed by atoms with Crippen LogP contribution in [0.5, 0.6) is 0 Å². The summed E-state index contributed by atoms with van der Waals surface area (Å²) in [5.74, 6) is -3.19. The maximum atomic E-state index is 17.0. The zero-order chi connectivity index (χ0) is 30.7. The van der Waals surface area contributed by atoms with Gasteiger partial charge in [0.15, 0.2) is 0 Å². The minimum absolute atomic E-state index is 0.0209. The van der Waals surface area contributed by atoms with Gasteiger partial charge in [0.05, 0.1) is 28.1 Å². The van der Waals surface area contributed by atoms with E-state index in [1.807, 2.05) is 6.07 Å². The molecule has 3 aliphatic rings. The van der Waals surface area contributed by atoms with Gasteiger partial charge in [0.1, 0.15) is 11.5 Å². The number of hydrogen-bond donors (Lipinski definition) is 3. The number of primary amides is 1. The van der Waals surface area contributed by atoms with Gasteiger partial charge in [-0.25, -0.2) is 18.1 Å². The molecule has 224 valence electrons. The van der Waals surface area contributed by atoms with Gasteiger partial charge in [-0.3, -0.25) is 14.2 Å². The molecule has 0 spiro atoms. The highest BCUT2D eigenvalue weighted by molar-refractivity contribution is 5.84. The Balaban J connectivity index is 1.37. The third-order valence-corrected chi connectivity index (χ3v) is 10.4. The fraction of sp³-hybridized carbons (Fsp3) is 0.424. The van der Waals surface area contributed by atoms with Crippen molar-refractivity contribution >= 4 is 16.8 Å². The summed E-state index contributed by atoms with van der Waals surface area (Å²) < 4.78 is 33.8. The number of carbonyl (C=O) groups is 1. The van der Waals surface area contributed by atoms with Crippen LogP contribution in [0.25, 0.3) is 16.6 Å². The number of carbonyl (C=O) groups excluding carboxylic acids is 1. The van der Waals surface area contributed by atoms with Gasteiger partial charge in [0.25, 0.3) is 5.56 Å². The molecule has 2 aromatic carbocycles. The van der Waals surface area contributed by atoms with Crippen LogP contribution in [0.3, 0.4) is 0 Å². The summed E-state index contributed by atoms with van der Waals surface area (Å²) in [6.07, 6.45) is 1.91. The van der Waals surface area contributed by atoms with Crippen LogP contribution in [0.2, 0.25) is 0 Å². The highest BCUT2D eigenvalue weighted by Gasteiger charge is 2.72. The van der Waals surface area contributed by atoms with Gasteiger partial charge in [-0.05, 0) is 92.8 Å². The molecule has 4 aromatic rings. The van der Waals surface area contributed by atoms with E-state index in [0.717, 1.165) is 32.4 Å². The molecule has 2 aromatic heterocycles. The first-order valence-electron chi connectivity index (χ1n) is 14.7. The van der Waals surface area contributed by atoms with E-state index in [2.05, 4.69) is 4.98 Å². The van der Waals surface area contributed by atoms with Crippen LogP contribution in [0.15, 0.2) is 46.0 Å². The summed E-state index contributed by atoms with van der Waals surface area (Å²) >= 11 is 0. The molecule has 3 aliphatic carbocycles. The van der Waals surface area contributed by atoms with Crippen molar-refractivity contribution in [2.75, 3.05) is 0 Å². The molecule has 2 unspecified atom stereocenters. The number of amides is 1. The van der Waals surface area contributed by atoms with Crippen molar-refractivity contribution in [2.24, 2.45) is 18.7 Å². The maximum absolute atomic E-state index is 17.0. The Bertz CT molecular complexity index is 1980. The van der Waals surface area contributed by atoms with Gasteiger partial charge in [-0.2, -0.15) is 0 Å². The number of benzene rings is 2. The predicted octanol–water partition coefficient (Wildman–Crippen LogP) is 3.90. The molecule has 4 N–H and O–H groups in total. The molecule has 5 atom stereocenters. The van der Waals surface area contributed by atoms with E-state index < -0.39 is 52.0 Å². The molecule has 2 heterocycles. The molecule has 7 rings (SSSR count). The van der Waals surface area contributed by atoms with E-state index in [9.17, 15) is 23.9 Å². The molecule has 8 nitrogen and oxygen atoms in total. The number of H-pyrrole nitrogens is 1. The summed E-state index contributed by atoms with van der Waals surface area (Å²) in [5.41, 5.74) is 6.71. The summed E-state index contributed by atoms with van der Waals surface area (Å²) in [4.78, 5) is 43.1. The molecule has 0 saturated heterocycles. The Hall–Kier alpha value is -4.05. The molecule has 43 heavy (non-hydrogen) atoms. The first-order chi connectivity index (χ1) is 20.3. The maximum Gasteiger partial charge on any atom is 0.335 e. The van der Waals surface area contributed by atoms with E-state index >= 15 is 4.39 Å². The summed E-state index contributed by atoms with van der Waals surface area (Å²) in [6.45, 7) is 5.34. The Morgan fingerprint density at radius 2 is 1.88 bits per heavy atom. The van der Waals surface area contributed by atoms with Crippen LogP contribution >= 0.6 is 0 Å². The van der Waals surface area contributed by atoms with Crippen LogP contribution < -0.4 is 17.0 Å². The highest BCUT2D eigenvalue weighted by Crippen LogP contribution is 2.73. The second kappa shape index (κ2) is 8.98. The molecule has 0 radical (unpaired) electrons. The van der Waals surface area contributed by atoms with Gasteiger partial charge >= 0.3 is 5.69 Å². The van der Waals surface area contributed by atoms with Crippen LogP contribution in [-0.4, -0.2) is 36.4 Å². The van der Waals surface area contributed by atoms with Crippen LogP contribution in [0.4, 0.5) is 8.78 Å². The van der Waals surface area contributed by atoms with E-state index in [4.69, 9.17) is 5.73 Å². The molecule has 0 bridgehead atoms. The van der Waals surface area contributed by atoms with Crippen molar-refractivity contribution in [3.05, 3.63) is 96.7 Å². The normalized spacial score (nSPS) is 26.1. The lowest BCUT2D eigenvalue weighted by Gasteiger charge is -2.32. The fourth-order valence-corrected chi connectivity index (χ4v) is 8.07. The zero-order valence-electron chi connectivity index (χ0n) is 24.5. The first kappa shape index (κ1) is 27.8. The quantitative estimate of drug-likeness (QED) is 0.335. The zero-order valence-corrected chi connectivity index (χ0v) is 24.5. The van der Waals surface area contributed by atoms with Gasteiger partial charge in [0, 0.05) is 30.3 Å². The lowest BCUT2D eigenvalue weighted by atomic mass is 9.76. The van der Waals surface area contributed by atoms with Gasteiger partial charge in [0.2, 0.25) is 5.91 Å². The number of fused-ring (bicyclic) bond motifs is 6. The minimum atomic E-state index is -1.73. The van der Waals surface area contributed by atoms with Gasteiger partial charge in [-0.15, -0.1) is 0 Å². The van der Waals surface area contributed by atoms with E-state index in [1.54, 1.807) is 32.9 Å². The largest absolute Gasteiger partial charge is 0.390 e. The molecule has 0 aliphatic heterocycles. The van der Waals surface area contributed by atoms with E-state index in [0.29, 0.717) is 35.3 Å². The second-order valence-electron chi connectivity index (χ2n) is 13.2. The molecule has 10 heteroatoms. The number of nitrogens with two attached hydrogens (primary N) is 1. The van der Waals surface area contributed by atoms with Gasteiger partial charge < -0.3 is 15.8 Å². The topological polar surface area (TPSA) is 123 Å². The van der Waals surface area contributed by atoms with Crippen LogP contribution in [0, 0.1) is 18.7 Å². The van der Waals surface area contributed by atoms with Crippen molar-refractivity contribution in [3.8, 4) is 5.69 Å². The Labute approximate surface area is 246 Å². The number of nitrogens with zero attached hydrogens (tertiary/aromatic N) is 2. The average Bonchev–Trinajstić information content (AvgIpc) is 3.37. The van der Waals surface area contributed by atoms with Crippen molar-refractivity contribution in [3.63, 3.8) is 0 Å². The fourth-order valence-electron chi connectivity index (χ4n) is 8.07. The first-order valence-corrected chi connectivity index (χ1v) is 14.7. The molecule has 1 amide bonds. The molecular weight excluding hydrogens is 554 g/mol. The third kappa shape index (κ3) is 3.78. The van der Waals surface area contributed by atoms with Crippen LogP contribution in [0.1, 0.15) is 78.1 Å². The Kier molecular flexibility index (Phi) is 5.80. The number of aliphatic hydroxyl groups is 1. The molecular formula is C33H34F2N4O4. The van der Waals surface area contributed by atoms with E-state index in [1.165, 1.54) is 25.2 Å². The number of alkyl halides is 1. The third-order valence-electron chi connectivity index (χ3n) is 10.4. The second-order valence-corrected chi connectivity index (χ2v) is 13.2. The van der Waals surface area contributed by atoms with Crippen LogP contribution in [-0.2, 0) is 24.7 Å². The van der Waals surface area contributed by atoms with Gasteiger partial charge in [-0.1, -0.05) is 18.2 Å². The summed E-state index contributed by atoms with van der Waals surface area (Å²) in [5, 5.41) is 10.7. The molecule has 1 fully saturated rings. The minimum Gasteiger partial charge on any atom is -0.390 e. The highest BCUT2D eigenvalue weighted by atomic mass is 19.1. The number of halogens is 2. The number of nitrogens with one attached hydrogen (secondary N) is 1. The van der Waals surface area contributed by atoms with Crippen molar-refractivity contribution in [1.29, 1.82) is 0 Å². The smallest absolute Gasteiger partial charge is 0.335 e. The standard InChI is InChI=1S/C33H34F2N4O4/c1-15-17(7-6-10-23(15)39-30(41)19-8-5-9-21(34)28(19)38(4)31(39)42)25-26-24-18-12-11-16(32(2,3)43)13-22(18)37-27(24)20(29(36)40)14-33(25,26)35/h5-10,16,20,25-26,37,43H,11-14H2,1-4H3,(H2,36,40)/t16-,20+,25?,26-,33?/m0/s1. The summed E-state index contributed by atoms with van der Waals surface area (Å²) in [6, 6.07) is 9.24. The Morgan fingerprint density at radius 1 is 1.16 bits per heavy atom. The number of aromatic amines is 1. The number of aryl methyl sites for hydroxylation is 1. The number of rotatable bonds is 4. The number of hydrogen-bond acceptors (Lipinski definition) is 4. The Morgan fingerprint density at radius 3 is 2.58 bits per heavy atom. The SMILES string of the molecule is Cc1c(C2[C@@H]3c4c([nH]c5c4CC[C@H](C(C)(C)O)C5)[C@H](C(N)=O)CC23F)cccc1-n1c(=O)c2cccc(F)c2n(C)c1=O. The predicted molar refractivity (Wildman–Crippen MR) is 158 cm³/mol. The average molecular weight is 589 g/mol. The van der Waals surface area contributed by atoms with Crippen molar-refractivity contribution in [2.45, 2.75) is 75.5 Å². The number of para-hydroxylation sites is 1. The summed E-state index contributed by atoms with van der Waals surface area (Å²) in [7, 11) is 1.41. The monoisotopic (exact) mass is 588 g/mol. The van der Waals surface area contributed by atoms with E-state index in [-0.39, 0.29) is 23.2 Å². The van der Waals surface area contributed by atoms with Crippen molar-refractivity contribution < 1.29 is 18.7 Å².